The Balaban J connectivity index is 1.86. The molecule has 1 unspecified atom stereocenters. The van der Waals surface area contributed by atoms with Crippen molar-refractivity contribution >= 4 is 21.4 Å². The number of thiophene rings is 1. The first-order valence-electron chi connectivity index (χ1n) is 7.33. The molecule has 1 aromatic heterocycles. The third kappa shape index (κ3) is 2.84. The highest BCUT2D eigenvalue weighted by Gasteiger charge is 2.40. The normalized spacial score (nSPS) is 19.7. The molecule has 2 aromatic rings. The van der Waals surface area contributed by atoms with Crippen LogP contribution in [0.2, 0.25) is 0 Å². The highest BCUT2D eigenvalue weighted by atomic mass is 32.1. The lowest BCUT2D eigenvalue weighted by molar-refractivity contribution is -0.110. The Kier molecular flexibility index (Phi) is 4.57. The highest BCUT2D eigenvalue weighted by Crippen LogP contribution is 2.33. The molecule has 1 fully saturated rings. The average molecular weight is 306 g/mol. The number of hydrogen-bond donors (Lipinski definition) is 2. The van der Waals surface area contributed by atoms with Crippen molar-refractivity contribution in [2.24, 2.45) is 5.84 Å². The number of nitrogens with two attached hydrogens (primary N) is 1. The molecule has 21 heavy (non-hydrogen) atoms. The summed E-state index contributed by atoms with van der Waals surface area (Å²) in [5, 5.41) is 3.55. The Morgan fingerprint density at radius 2 is 2.14 bits per heavy atom. The second-order valence-electron chi connectivity index (χ2n) is 5.56. The topological polar surface area (TPSA) is 56.5 Å². The molecule has 0 spiro atoms. The summed E-state index contributed by atoms with van der Waals surface area (Å²) in [5.74, 6) is 5.86. The lowest BCUT2D eigenvalue weighted by Gasteiger charge is -2.42. The second-order valence-corrected chi connectivity index (χ2v) is 6.47. The van der Waals surface area contributed by atoms with E-state index in [1.54, 1.807) is 18.4 Å². The zero-order valence-electron chi connectivity index (χ0n) is 12.3. The molecule has 1 atom stereocenters. The van der Waals surface area contributed by atoms with Crippen molar-refractivity contribution in [3.05, 3.63) is 35.2 Å². The van der Waals surface area contributed by atoms with Crippen LogP contribution in [0.3, 0.4) is 0 Å². The van der Waals surface area contributed by atoms with Gasteiger partial charge in [0, 0.05) is 37.9 Å². The van der Waals surface area contributed by atoms with Crippen LogP contribution >= 0.6 is 11.3 Å². The molecule has 3 rings (SSSR count). The van der Waals surface area contributed by atoms with E-state index in [4.69, 9.17) is 15.3 Å². The summed E-state index contributed by atoms with van der Waals surface area (Å²) in [6.45, 7) is 1.47. The fourth-order valence-electron chi connectivity index (χ4n) is 3.22. The number of rotatable bonds is 5. The van der Waals surface area contributed by atoms with Crippen LogP contribution in [0.5, 0.6) is 0 Å². The van der Waals surface area contributed by atoms with Crippen molar-refractivity contribution in [1.29, 1.82) is 0 Å². The zero-order chi connectivity index (χ0) is 14.7. The molecule has 0 amide bonds. The summed E-state index contributed by atoms with van der Waals surface area (Å²) in [5.41, 5.74) is 4.09. The van der Waals surface area contributed by atoms with Gasteiger partial charge in [-0.3, -0.25) is 11.3 Å². The third-order valence-electron chi connectivity index (χ3n) is 4.57. The smallest absolute Gasteiger partial charge is 0.0891 e. The molecule has 0 radical (unpaired) electrons. The van der Waals surface area contributed by atoms with Gasteiger partial charge in [0.2, 0.25) is 0 Å². The van der Waals surface area contributed by atoms with Crippen LogP contribution in [-0.2, 0) is 15.9 Å². The van der Waals surface area contributed by atoms with Crippen molar-refractivity contribution in [1.82, 2.24) is 5.43 Å². The van der Waals surface area contributed by atoms with Crippen molar-refractivity contribution in [2.45, 2.75) is 30.9 Å². The summed E-state index contributed by atoms with van der Waals surface area (Å²) in [4.78, 5) is 0. The largest absolute Gasteiger partial charge is 0.381 e. The Morgan fingerprint density at radius 1 is 1.38 bits per heavy atom. The molecule has 3 N–H and O–H groups in total. The maximum Gasteiger partial charge on any atom is 0.0891 e. The van der Waals surface area contributed by atoms with Gasteiger partial charge in [-0.1, -0.05) is 18.2 Å². The summed E-state index contributed by atoms with van der Waals surface area (Å²) in [7, 11) is 1.78. The molecule has 2 heterocycles. The highest BCUT2D eigenvalue weighted by molar-refractivity contribution is 7.17. The van der Waals surface area contributed by atoms with E-state index in [1.165, 1.54) is 15.6 Å². The SMILES string of the molecule is COC1(C(Cc2csc3ccccc23)NN)CCOCC1. The van der Waals surface area contributed by atoms with Gasteiger partial charge in [-0.25, -0.2) is 0 Å². The predicted octanol–water partition coefficient (Wildman–Crippen LogP) is 2.47. The molecular formula is C16H22N2O2S. The first-order valence-corrected chi connectivity index (χ1v) is 8.21. The van der Waals surface area contributed by atoms with Gasteiger partial charge >= 0.3 is 0 Å². The minimum atomic E-state index is -0.240. The Morgan fingerprint density at radius 3 is 2.86 bits per heavy atom. The lowest BCUT2D eigenvalue weighted by atomic mass is 9.83. The molecule has 1 saturated heterocycles. The van der Waals surface area contributed by atoms with E-state index in [0.717, 1.165) is 32.5 Å². The van der Waals surface area contributed by atoms with Crippen LogP contribution in [0.25, 0.3) is 10.1 Å². The van der Waals surface area contributed by atoms with Crippen LogP contribution in [-0.4, -0.2) is 32.0 Å². The summed E-state index contributed by atoms with van der Waals surface area (Å²) < 4.78 is 12.7. The molecule has 0 saturated carbocycles. The first kappa shape index (κ1) is 14.9. The standard InChI is InChI=1S/C16H22N2O2S/c1-19-16(6-8-20-9-7-16)15(18-17)10-12-11-21-14-5-3-2-4-13(12)14/h2-5,11,15,18H,6-10,17H2,1H3. The van der Waals surface area contributed by atoms with Crippen molar-refractivity contribution < 1.29 is 9.47 Å². The van der Waals surface area contributed by atoms with Crippen molar-refractivity contribution in [3.8, 4) is 0 Å². The molecule has 114 valence electrons. The zero-order valence-corrected chi connectivity index (χ0v) is 13.1. The lowest BCUT2D eigenvalue weighted by Crippen LogP contribution is -2.58. The third-order valence-corrected chi connectivity index (χ3v) is 5.58. The van der Waals surface area contributed by atoms with Crippen LogP contribution in [0.1, 0.15) is 18.4 Å². The number of hydrogen-bond acceptors (Lipinski definition) is 5. The molecule has 5 heteroatoms. The van der Waals surface area contributed by atoms with Crippen LogP contribution in [0.15, 0.2) is 29.6 Å². The van der Waals surface area contributed by atoms with E-state index in [1.807, 2.05) is 0 Å². The van der Waals surface area contributed by atoms with Gasteiger partial charge in [0.15, 0.2) is 0 Å². The van der Waals surface area contributed by atoms with E-state index in [9.17, 15) is 0 Å². The molecule has 1 aromatic carbocycles. The van der Waals surface area contributed by atoms with Gasteiger partial charge in [-0.05, 0) is 28.8 Å². The summed E-state index contributed by atoms with van der Waals surface area (Å²) in [6, 6.07) is 8.59. The average Bonchev–Trinajstić information content (AvgIpc) is 2.96. The Hall–Kier alpha value is -0.980. The van der Waals surface area contributed by atoms with Crippen LogP contribution in [0, 0.1) is 0 Å². The molecule has 0 aliphatic carbocycles. The van der Waals surface area contributed by atoms with E-state index in [2.05, 4.69) is 35.1 Å². The predicted molar refractivity (Wildman–Crippen MR) is 86.4 cm³/mol. The van der Waals surface area contributed by atoms with Crippen LogP contribution < -0.4 is 11.3 Å². The van der Waals surface area contributed by atoms with E-state index < -0.39 is 0 Å². The minimum absolute atomic E-state index is 0.0874. The maximum atomic E-state index is 5.87. The Bertz CT molecular complexity index is 593. The monoisotopic (exact) mass is 306 g/mol. The number of ether oxygens (including phenoxy) is 2. The number of hydrazine groups is 1. The van der Waals surface area contributed by atoms with Crippen LogP contribution in [0.4, 0.5) is 0 Å². The fourth-order valence-corrected chi connectivity index (χ4v) is 4.19. The van der Waals surface area contributed by atoms with Gasteiger partial charge in [0.1, 0.15) is 0 Å². The van der Waals surface area contributed by atoms with Crippen molar-refractivity contribution in [3.63, 3.8) is 0 Å². The van der Waals surface area contributed by atoms with Gasteiger partial charge in [-0.15, -0.1) is 11.3 Å². The van der Waals surface area contributed by atoms with Gasteiger partial charge in [0.25, 0.3) is 0 Å². The number of fused-ring (bicyclic) bond motifs is 1. The summed E-state index contributed by atoms with van der Waals surface area (Å²) in [6.07, 6.45) is 2.62. The number of nitrogens with one attached hydrogen (secondary N) is 1. The number of methoxy groups -OCH3 is 1. The molecule has 4 nitrogen and oxygen atoms in total. The Labute approximate surface area is 129 Å². The van der Waals surface area contributed by atoms with Gasteiger partial charge in [-0.2, -0.15) is 0 Å². The van der Waals surface area contributed by atoms with E-state index >= 15 is 0 Å². The minimum Gasteiger partial charge on any atom is -0.381 e. The maximum absolute atomic E-state index is 5.87. The molecule has 1 aliphatic rings. The second kappa shape index (κ2) is 6.42. The molecule has 0 bridgehead atoms. The summed E-state index contributed by atoms with van der Waals surface area (Å²) >= 11 is 1.79. The molecule has 1 aliphatic heterocycles. The van der Waals surface area contributed by atoms with Gasteiger partial charge in [0.05, 0.1) is 11.6 Å². The first-order chi connectivity index (χ1) is 10.3. The fraction of sp³-hybridized carbons (Fsp3) is 0.500. The van der Waals surface area contributed by atoms with Crippen molar-refractivity contribution in [2.75, 3.05) is 20.3 Å². The van der Waals surface area contributed by atoms with E-state index in [0.29, 0.717) is 0 Å². The van der Waals surface area contributed by atoms with E-state index in [-0.39, 0.29) is 11.6 Å². The van der Waals surface area contributed by atoms with Gasteiger partial charge < -0.3 is 9.47 Å². The quantitative estimate of drug-likeness (QED) is 0.658. The molecular weight excluding hydrogens is 284 g/mol. The number of benzene rings is 1.